The van der Waals surface area contributed by atoms with E-state index in [1.807, 2.05) is 37.0 Å². The van der Waals surface area contributed by atoms with Gasteiger partial charge >= 0.3 is 0 Å². The van der Waals surface area contributed by atoms with E-state index in [0.29, 0.717) is 17.2 Å². The fourth-order valence-corrected chi connectivity index (χ4v) is 2.19. The number of methoxy groups -OCH3 is 3. The summed E-state index contributed by atoms with van der Waals surface area (Å²) >= 11 is 0. The molecule has 1 N–H and O–H groups in total. The van der Waals surface area contributed by atoms with Gasteiger partial charge in [0.25, 0.3) is 0 Å². The first-order chi connectivity index (χ1) is 10.1. The molecule has 0 atom stereocenters. The van der Waals surface area contributed by atoms with Gasteiger partial charge in [-0.3, -0.25) is 0 Å². The molecule has 0 bridgehead atoms. The normalized spacial score (nSPS) is 10.5. The number of aryl methyl sites for hydroxylation is 1. The molecule has 0 aliphatic rings. The fraction of sp³-hybridized carbons (Fsp3) is 0.400. The Balaban J connectivity index is 2.51. The van der Waals surface area contributed by atoms with Crippen molar-refractivity contribution >= 4 is 0 Å². The summed E-state index contributed by atoms with van der Waals surface area (Å²) in [6.07, 6.45) is 1.99. The Morgan fingerprint density at radius 3 is 2.19 bits per heavy atom. The highest BCUT2D eigenvalue weighted by molar-refractivity contribution is 5.58. The van der Waals surface area contributed by atoms with Crippen molar-refractivity contribution in [2.45, 2.75) is 13.5 Å². The summed E-state index contributed by atoms with van der Waals surface area (Å²) in [5.41, 5.74) is 2.99. The molecule has 0 saturated heterocycles. The van der Waals surface area contributed by atoms with Gasteiger partial charge in [0.2, 0.25) is 5.75 Å². The second kappa shape index (κ2) is 6.49. The SMILES string of the molecule is CNCc1cn(-c2cc(OC)c(OC)c(OC)c2)nc1C. The molecule has 0 fully saturated rings. The molecule has 1 heterocycles. The molecule has 0 amide bonds. The van der Waals surface area contributed by atoms with E-state index in [2.05, 4.69) is 10.4 Å². The summed E-state index contributed by atoms with van der Waals surface area (Å²) in [7, 11) is 6.70. The van der Waals surface area contributed by atoms with Gasteiger partial charge in [0, 0.05) is 30.4 Å². The van der Waals surface area contributed by atoms with E-state index in [9.17, 15) is 0 Å². The second-order valence-electron chi connectivity index (χ2n) is 4.60. The van der Waals surface area contributed by atoms with E-state index >= 15 is 0 Å². The first kappa shape index (κ1) is 15.2. The topological polar surface area (TPSA) is 57.5 Å². The highest BCUT2D eigenvalue weighted by atomic mass is 16.5. The zero-order valence-electron chi connectivity index (χ0n) is 13.1. The van der Waals surface area contributed by atoms with Crippen molar-refractivity contribution in [2.75, 3.05) is 28.4 Å². The van der Waals surface area contributed by atoms with E-state index in [1.54, 1.807) is 21.3 Å². The maximum atomic E-state index is 5.37. The molecule has 114 valence electrons. The molecule has 0 aliphatic heterocycles. The predicted octanol–water partition coefficient (Wildman–Crippen LogP) is 1.93. The van der Waals surface area contributed by atoms with Crippen molar-refractivity contribution in [3.8, 4) is 22.9 Å². The summed E-state index contributed by atoms with van der Waals surface area (Å²) in [5, 5.41) is 7.66. The van der Waals surface area contributed by atoms with Gasteiger partial charge < -0.3 is 19.5 Å². The highest BCUT2D eigenvalue weighted by Crippen LogP contribution is 2.39. The van der Waals surface area contributed by atoms with Gasteiger partial charge in [0.1, 0.15) is 0 Å². The zero-order valence-corrected chi connectivity index (χ0v) is 13.1. The van der Waals surface area contributed by atoms with Crippen LogP contribution in [-0.4, -0.2) is 38.2 Å². The molecule has 2 rings (SSSR count). The van der Waals surface area contributed by atoms with Crippen LogP contribution in [-0.2, 0) is 6.54 Å². The predicted molar refractivity (Wildman–Crippen MR) is 80.7 cm³/mol. The molecular weight excluding hydrogens is 270 g/mol. The lowest BCUT2D eigenvalue weighted by Gasteiger charge is -2.14. The van der Waals surface area contributed by atoms with Gasteiger partial charge in [-0.05, 0) is 14.0 Å². The summed E-state index contributed by atoms with van der Waals surface area (Å²) in [5.74, 6) is 1.79. The number of hydrogen-bond donors (Lipinski definition) is 1. The molecule has 21 heavy (non-hydrogen) atoms. The fourth-order valence-electron chi connectivity index (χ4n) is 2.19. The van der Waals surface area contributed by atoms with Crippen LogP contribution in [0.1, 0.15) is 11.3 Å². The minimum Gasteiger partial charge on any atom is -0.493 e. The van der Waals surface area contributed by atoms with Crippen LogP contribution in [0.2, 0.25) is 0 Å². The average molecular weight is 291 g/mol. The third-order valence-electron chi connectivity index (χ3n) is 3.28. The Morgan fingerprint density at radius 1 is 1.10 bits per heavy atom. The summed E-state index contributed by atoms with van der Waals surface area (Å²) in [4.78, 5) is 0. The lowest BCUT2D eigenvalue weighted by atomic mass is 10.2. The molecule has 2 aromatic rings. The summed E-state index contributed by atoms with van der Waals surface area (Å²) in [6, 6.07) is 3.74. The largest absolute Gasteiger partial charge is 0.493 e. The number of nitrogens with one attached hydrogen (secondary N) is 1. The molecule has 1 aromatic carbocycles. The molecule has 0 unspecified atom stereocenters. The van der Waals surface area contributed by atoms with Crippen molar-refractivity contribution in [3.63, 3.8) is 0 Å². The Bertz CT molecular complexity index is 598. The van der Waals surface area contributed by atoms with Crippen molar-refractivity contribution in [2.24, 2.45) is 0 Å². The monoisotopic (exact) mass is 291 g/mol. The quantitative estimate of drug-likeness (QED) is 0.881. The van der Waals surface area contributed by atoms with Crippen molar-refractivity contribution in [1.29, 1.82) is 0 Å². The average Bonchev–Trinajstić information content (AvgIpc) is 2.87. The molecule has 0 radical (unpaired) electrons. The third kappa shape index (κ3) is 2.95. The van der Waals surface area contributed by atoms with Crippen LogP contribution in [0, 0.1) is 6.92 Å². The molecule has 0 spiro atoms. The molecule has 0 aliphatic carbocycles. The number of nitrogens with zero attached hydrogens (tertiary/aromatic N) is 2. The first-order valence-corrected chi connectivity index (χ1v) is 6.64. The minimum absolute atomic E-state index is 0.572. The van der Waals surface area contributed by atoms with Crippen LogP contribution in [0.25, 0.3) is 5.69 Å². The second-order valence-corrected chi connectivity index (χ2v) is 4.60. The van der Waals surface area contributed by atoms with Crippen LogP contribution in [0.5, 0.6) is 17.2 Å². The number of benzene rings is 1. The smallest absolute Gasteiger partial charge is 0.203 e. The van der Waals surface area contributed by atoms with E-state index in [0.717, 1.165) is 23.5 Å². The maximum Gasteiger partial charge on any atom is 0.203 e. The van der Waals surface area contributed by atoms with Crippen LogP contribution in [0.15, 0.2) is 18.3 Å². The van der Waals surface area contributed by atoms with Crippen LogP contribution in [0.4, 0.5) is 0 Å². The Kier molecular flexibility index (Phi) is 4.70. The van der Waals surface area contributed by atoms with Crippen molar-refractivity contribution < 1.29 is 14.2 Å². The molecule has 6 heteroatoms. The lowest BCUT2D eigenvalue weighted by molar-refractivity contribution is 0.324. The van der Waals surface area contributed by atoms with Gasteiger partial charge in [-0.15, -0.1) is 0 Å². The Labute approximate surface area is 124 Å². The summed E-state index contributed by atoms with van der Waals surface area (Å²) in [6.45, 7) is 2.76. The van der Waals surface area contributed by atoms with Crippen LogP contribution in [0.3, 0.4) is 0 Å². The van der Waals surface area contributed by atoms with E-state index < -0.39 is 0 Å². The maximum absolute atomic E-state index is 5.37. The van der Waals surface area contributed by atoms with Gasteiger partial charge in [0.05, 0.1) is 32.7 Å². The van der Waals surface area contributed by atoms with Gasteiger partial charge in [-0.1, -0.05) is 0 Å². The minimum atomic E-state index is 0.572. The lowest BCUT2D eigenvalue weighted by Crippen LogP contribution is -2.05. The van der Waals surface area contributed by atoms with Crippen LogP contribution < -0.4 is 19.5 Å². The van der Waals surface area contributed by atoms with E-state index in [4.69, 9.17) is 14.2 Å². The molecule has 6 nitrogen and oxygen atoms in total. The molecular formula is C15H21N3O3. The molecule has 1 aromatic heterocycles. The van der Waals surface area contributed by atoms with Crippen molar-refractivity contribution in [1.82, 2.24) is 15.1 Å². The zero-order chi connectivity index (χ0) is 15.4. The van der Waals surface area contributed by atoms with E-state index in [1.165, 1.54) is 0 Å². The first-order valence-electron chi connectivity index (χ1n) is 6.64. The number of rotatable bonds is 6. The Morgan fingerprint density at radius 2 is 1.71 bits per heavy atom. The van der Waals surface area contributed by atoms with Gasteiger partial charge in [0.15, 0.2) is 11.5 Å². The Hall–Kier alpha value is -2.21. The summed E-state index contributed by atoms with van der Waals surface area (Å²) < 4.78 is 17.9. The van der Waals surface area contributed by atoms with Gasteiger partial charge in [-0.25, -0.2) is 4.68 Å². The number of ether oxygens (including phenoxy) is 3. The number of aromatic nitrogens is 2. The van der Waals surface area contributed by atoms with Crippen LogP contribution >= 0.6 is 0 Å². The highest BCUT2D eigenvalue weighted by Gasteiger charge is 2.15. The third-order valence-corrected chi connectivity index (χ3v) is 3.28. The number of hydrogen-bond acceptors (Lipinski definition) is 5. The van der Waals surface area contributed by atoms with E-state index in [-0.39, 0.29) is 0 Å². The molecule has 0 saturated carbocycles. The van der Waals surface area contributed by atoms with Crippen molar-refractivity contribution in [3.05, 3.63) is 29.6 Å². The van der Waals surface area contributed by atoms with Gasteiger partial charge in [-0.2, -0.15) is 5.10 Å². The standard InChI is InChI=1S/C15H21N3O3/c1-10-11(8-16-2)9-18(17-10)12-6-13(19-3)15(21-5)14(7-12)20-4/h6-7,9,16H,8H2,1-5H3.